The lowest BCUT2D eigenvalue weighted by molar-refractivity contribution is -0.110. The van der Waals surface area contributed by atoms with Gasteiger partial charge in [-0.2, -0.15) is 0 Å². The number of rotatable bonds is 2. The highest BCUT2D eigenvalue weighted by Crippen LogP contribution is 2.16. The summed E-state index contributed by atoms with van der Waals surface area (Å²) < 4.78 is 0. The largest absolute Gasteiger partial charge is 0.400 e. The molecule has 0 saturated heterocycles. The van der Waals surface area contributed by atoms with Crippen molar-refractivity contribution < 1.29 is 9.90 Å². The van der Waals surface area contributed by atoms with Crippen molar-refractivity contribution in [1.82, 2.24) is 5.32 Å². The molecule has 1 aliphatic carbocycles. The Hall–Kier alpha value is -0.570. The minimum absolute atomic E-state index is 0.512. The molecular weight excluding hydrogens is 118 g/mol. The number of hydrogen-bond donors (Lipinski definition) is 2. The molecule has 2 N–H and O–H groups in total. The molecule has 0 aromatic carbocycles. The van der Waals surface area contributed by atoms with Crippen LogP contribution in [0, 0.1) is 0 Å². The standard InChI is InChI=1S/C5H9NO.CH4O/c7-4-6-5-2-1-3-5;1-2/h4-5H,1-3H2,(H,6,7);2H,1H3. The van der Waals surface area contributed by atoms with Gasteiger partial charge in [0.1, 0.15) is 0 Å². The number of aliphatic hydroxyl groups is 1. The first kappa shape index (κ1) is 8.43. The van der Waals surface area contributed by atoms with E-state index in [-0.39, 0.29) is 0 Å². The maximum Gasteiger partial charge on any atom is 0.207 e. The van der Waals surface area contributed by atoms with Crippen molar-refractivity contribution in [3.05, 3.63) is 0 Å². The molecule has 0 atom stereocenters. The van der Waals surface area contributed by atoms with Crippen LogP contribution in [-0.2, 0) is 4.79 Å². The molecule has 0 aromatic heterocycles. The molecule has 1 amide bonds. The first-order chi connectivity index (χ1) is 4.43. The molecule has 1 fully saturated rings. The third-order valence-corrected chi connectivity index (χ3v) is 1.41. The maximum atomic E-state index is 9.70. The van der Waals surface area contributed by atoms with E-state index in [1.807, 2.05) is 0 Å². The van der Waals surface area contributed by atoms with Gasteiger partial charge in [0.05, 0.1) is 0 Å². The summed E-state index contributed by atoms with van der Waals surface area (Å²) in [7, 11) is 1.00. The van der Waals surface area contributed by atoms with Gasteiger partial charge in [-0.05, 0) is 19.3 Å². The summed E-state index contributed by atoms with van der Waals surface area (Å²) in [4.78, 5) is 9.70. The first-order valence-electron chi connectivity index (χ1n) is 3.08. The van der Waals surface area contributed by atoms with Crippen molar-refractivity contribution in [3.8, 4) is 0 Å². The van der Waals surface area contributed by atoms with Crippen LogP contribution in [0.25, 0.3) is 0 Å². The van der Waals surface area contributed by atoms with E-state index in [2.05, 4.69) is 5.32 Å². The second kappa shape index (κ2) is 5.56. The Morgan fingerprint density at radius 3 is 2.22 bits per heavy atom. The summed E-state index contributed by atoms with van der Waals surface area (Å²) >= 11 is 0. The van der Waals surface area contributed by atoms with Crippen molar-refractivity contribution in [2.24, 2.45) is 0 Å². The fourth-order valence-electron chi connectivity index (χ4n) is 0.671. The Bertz CT molecular complexity index is 71.5. The van der Waals surface area contributed by atoms with E-state index in [1.54, 1.807) is 0 Å². The van der Waals surface area contributed by atoms with Gasteiger partial charge in [0.2, 0.25) is 6.41 Å². The molecule has 0 unspecified atom stereocenters. The minimum Gasteiger partial charge on any atom is -0.400 e. The van der Waals surface area contributed by atoms with E-state index < -0.39 is 0 Å². The molecule has 9 heavy (non-hydrogen) atoms. The van der Waals surface area contributed by atoms with Crippen LogP contribution in [0.1, 0.15) is 19.3 Å². The fourth-order valence-corrected chi connectivity index (χ4v) is 0.671. The maximum absolute atomic E-state index is 9.70. The summed E-state index contributed by atoms with van der Waals surface area (Å²) in [5.41, 5.74) is 0. The average Bonchev–Trinajstić information content (AvgIpc) is 1.84. The van der Waals surface area contributed by atoms with Crippen LogP contribution < -0.4 is 5.32 Å². The summed E-state index contributed by atoms with van der Waals surface area (Å²) in [5.74, 6) is 0. The molecule has 0 radical (unpaired) electrons. The molecule has 0 heterocycles. The van der Waals surface area contributed by atoms with Gasteiger partial charge in [0.15, 0.2) is 0 Å². The van der Waals surface area contributed by atoms with Crippen molar-refractivity contribution in [1.29, 1.82) is 0 Å². The predicted octanol–water partition coefficient (Wildman–Crippen LogP) is -0.107. The second-order valence-electron chi connectivity index (χ2n) is 1.91. The summed E-state index contributed by atoms with van der Waals surface area (Å²) in [6, 6.07) is 0.512. The lowest BCUT2D eigenvalue weighted by Gasteiger charge is -2.23. The van der Waals surface area contributed by atoms with Crippen LogP contribution in [0.5, 0.6) is 0 Å². The van der Waals surface area contributed by atoms with Gasteiger partial charge in [-0.25, -0.2) is 0 Å². The summed E-state index contributed by atoms with van der Waals surface area (Å²) in [6.07, 6.45) is 4.42. The fraction of sp³-hybridized carbons (Fsp3) is 0.833. The van der Waals surface area contributed by atoms with Gasteiger partial charge >= 0.3 is 0 Å². The molecule has 1 rings (SSSR count). The van der Waals surface area contributed by atoms with Crippen molar-refractivity contribution in [3.63, 3.8) is 0 Å². The third kappa shape index (κ3) is 3.08. The Kier molecular flexibility index (Phi) is 5.21. The van der Waals surface area contributed by atoms with Crippen LogP contribution in [-0.4, -0.2) is 24.7 Å². The first-order valence-corrected chi connectivity index (χ1v) is 3.08. The van der Waals surface area contributed by atoms with Crippen LogP contribution >= 0.6 is 0 Å². The molecule has 54 valence electrons. The molecule has 3 nitrogen and oxygen atoms in total. The van der Waals surface area contributed by atoms with Gasteiger partial charge < -0.3 is 10.4 Å². The van der Waals surface area contributed by atoms with E-state index in [9.17, 15) is 4.79 Å². The zero-order valence-corrected chi connectivity index (χ0v) is 5.63. The molecule has 1 aliphatic rings. The SMILES string of the molecule is CO.O=CNC1CCC1. The smallest absolute Gasteiger partial charge is 0.207 e. The summed E-state index contributed by atoms with van der Waals surface area (Å²) in [6.45, 7) is 0. The van der Waals surface area contributed by atoms with Crippen molar-refractivity contribution in [2.45, 2.75) is 25.3 Å². The van der Waals surface area contributed by atoms with Crippen LogP contribution in [0.4, 0.5) is 0 Å². The van der Waals surface area contributed by atoms with E-state index in [0.29, 0.717) is 6.04 Å². The highest BCUT2D eigenvalue weighted by atomic mass is 16.2. The van der Waals surface area contributed by atoms with Crippen molar-refractivity contribution >= 4 is 6.41 Å². The number of carbonyl (C=O) groups is 1. The number of hydrogen-bond acceptors (Lipinski definition) is 2. The Morgan fingerprint density at radius 2 is 2.11 bits per heavy atom. The van der Waals surface area contributed by atoms with Crippen molar-refractivity contribution in [2.75, 3.05) is 7.11 Å². The Labute approximate surface area is 55.1 Å². The molecule has 0 bridgehead atoms. The quantitative estimate of drug-likeness (QED) is 0.514. The Balaban J connectivity index is 0.000000291. The number of nitrogens with one attached hydrogen (secondary N) is 1. The van der Waals surface area contributed by atoms with Crippen LogP contribution in [0.3, 0.4) is 0 Å². The second-order valence-corrected chi connectivity index (χ2v) is 1.91. The van der Waals surface area contributed by atoms with Gasteiger partial charge in [-0.3, -0.25) is 4.79 Å². The number of carbonyl (C=O) groups excluding carboxylic acids is 1. The zero-order chi connectivity index (χ0) is 7.11. The highest BCUT2D eigenvalue weighted by molar-refractivity contribution is 5.46. The van der Waals surface area contributed by atoms with E-state index in [1.165, 1.54) is 19.3 Å². The minimum atomic E-state index is 0.512. The predicted molar refractivity (Wildman–Crippen MR) is 35.0 cm³/mol. The van der Waals surface area contributed by atoms with E-state index in [4.69, 9.17) is 5.11 Å². The average molecular weight is 131 g/mol. The molecule has 0 aromatic rings. The molecule has 3 heteroatoms. The third-order valence-electron chi connectivity index (χ3n) is 1.41. The Morgan fingerprint density at radius 1 is 1.56 bits per heavy atom. The van der Waals surface area contributed by atoms with Gasteiger partial charge in [0, 0.05) is 13.2 Å². The van der Waals surface area contributed by atoms with Gasteiger partial charge in [0.25, 0.3) is 0 Å². The lowest BCUT2D eigenvalue weighted by atomic mass is 9.94. The topological polar surface area (TPSA) is 49.3 Å². The molecule has 0 aliphatic heterocycles. The summed E-state index contributed by atoms with van der Waals surface area (Å²) in [5, 5.41) is 9.70. The molecule has 0 spiro atoms. The molecular formula is C6H13NO2. The monoisotopic (exact) mass is 131 g/mol. The lowest BCUT2D eigenvalue weighted by Crippen LogP contribution is -2.33. The number of aliphatic hydroxyl groups excluding tert-OH is 1. The van der Waals surface area contributed by atoms with E-state index in [0.717, 1.165) is 13.5 Å². The number of amides is 1. The van der Waals surface area contributed by atoms with Crippen LogP contribution in [0.15, 0.2) is 0 Å². The zero-order valence-electron chi connectivity index (χ0n) is 5.63. The molecule has 1 saturated carbocycles. The normalized spacial score (nSPS) is 16.7. The van der Waals surface area contributed by atoms with E-state index >= 15 is 0 Å². The van der Waals surface area contributed by atoms with Crippen LogP contribution in [0.2, 0.25) is 0 Å². The van der Waals surface area contributed by atoms with Gasteiger partial charge in [-0.1, -0.05) is 0 Å². The van der Waals surface area contributed by atoms with Gasteiger partial charge in [-0.15, -0.1) is 0 Å². The highest BCUT2D eigenvalue weighted by Gasteiger charge is 2.14.